The summed E-state index contributed by atoms with van der Waals surface area (Å²) in [5, 5.41) is 35.8. The van der Waals surface area contributed by atoms with Crippen LogP contribution in [0, 0.1) is 0 Å². The molecule has 0 saturated heterocycles. The SMILES string of the molecule is COc1ccc2c(c1)C(=O)NC(c1ccc(OCCCCCCCOc3c(OC)cc(C=Cc4cc(CO)c(CO)c(OC)c4)cc3OC)c(CO)c1)N2. The normalized spacial score (nSPS) is 13.5. The first-order chi connectivity index (χ1) is 26.3. The summed E-state index contributed by atoms with van der Waals surface area (Å²) in [6.45, 7) is 0.399. The Morgan fingerprint density at radius 2 is 1.24 bits per heavy atom. The number of carbonyl (C=O) groups is 1. The fourth-order valence-corrected chi connectivity index (χ4v) is 6.32. The zero-order valence-electron chi connectivity index (χ0n) is 31.3. The molecular weight excluding hydrogens is 692 g/mol. The summed E-state index contributed by atoms with van der Waals surface area (Å²) in [6.07, 6.45) is 8.04. The summed E-state index contributed by atoms with van der Waals surface area (Å²) in [5.41, 5.74) is 5.50. The van der Waals surface area contributed by atoms with Crippen molar-refractivity contribution in [1.29, 1.82) is 0 Å². The molecule has 54 heavy (non-hydrogen) atoms. The third-order valence-electron chi connectivity index (χ3n) is 9.25. The van der Waals surface area contributed by atoms with Gasteiger partial charge in [0.1, 0.15) is 23.4 Å². The van der Waals surface area contributed by atoms with Crippen molar-refractivity contribution < 1.29 is 48.5 Å². The molecule has 1 aliphatic rings. The van der Waals surface area contributed by atoms with Crippen LogP contribution in [0.15, 0.2) is 60.7 Å². The molecule has 0 bridgehead atoms. The molecule has 5 N–H and O–H groups in total. The van der Waals surface area contributed by atoms with Gasteiger partial charge in [0.2, 0.25) is 5.75 Å². The van der Waals surface area contributed by atoms with Crippen molar-refractivity contribution in [2.75, 3.05) is 47.0 Å². The number of fused-ring (bicyclic) bond motifs is 1. The number of hydrogen-bond donors (Lipinski definition) is 5. The molecule has 12 nitrogen and oxygen atoms in total. The smallest absolute Gasteiger partial charge is 0.255 e. The molecule has 0 spiro atoms. The summed E-state index contributed by atoms with van der Waals surface area (Å²) < 4.78 is 34.1. The minimum Gasteiger partial charge on any atom is -0.497 e. The highest BCUT2D eigenvalue weighted by molar-refractivity contribution is 6.02. The van der Waals surface area contributed by atoms with Crippen LogP contribution in [-0.2, 0) is 19.8 Å². The molecule has 1 heterocycles. The Kier molecular flexibility index (Phi) is 14.4. The molecule has 1 atom stereocenters. The molecule has 0 radical (unpaired) electrons. The highest BCUT2D eigenvalue weighted by Crippen LogP contribution is 2.39. The van der Waals surface area contributed by atoms with E-state index in [9.17, 15) is 20.1 Å². The second-order valence-electron chi connectivity index (χ2n) is 12.7. The maximum atomic E-state index is 12.8. The quantitative estimate of drug-likeness (QED) is 0.0489. The zero-order valence-corrected chi connectivity index (χ0v) is 31.3. The summed E-state index contributed by atoms with van der Waals surface area (Å²) in [7, 11) is 6.27. The number of nitrogens with one attached hydrogen (secondary N) is 2. The van der Waals surface area contributed by atoms with Gasteiger partial charge in [-0.2, -0.15) is 0 Å². The van der Waals surface area contributed by atoms with Crippen LogP contribution >= 0.6 is 0 Å². The largest absolute Gasteiger partial charge is 0.497 e. The topological polar surface area (TPSA) is 157 Å². The molecule has 288 valence electrons. The molecule has 5 rings (SSSR count). The molecule has 0 aliphatic carbocycles. The standard InChI is InChI=1S/C42H50N2O10/c1-49-32-13-14-35-33(23-32)42(48)44-41(43-35)29-12-15-36(31(22-29)25-46)53-16-8-6-5-7-9-17-54-40-38(51-3)20-28(21-39(40)52-4)11-10-27-18-30(24-45)34(26-47)37(19-27)50-2/h10-15,18-23,41,43,45-47H,5-9,16-17,24-26H2,1-4H3,(H,44,48). The number of unbranched alkanes of at least 4 members (excludes halogenated alkanes) is 4. The third-order valence-corrected chi connectivity index (χ3v) is 9.25. The molecule has 0 fully saturated rings. The van der Waals surface area contributed by atoms with Gasteiger partial charge in [-0.05, 0) is 89.7 Å². The van der Waals surface area contributed by atoms with Crippen LogP contribution in [0.3, 0.4) is 0 Å². The first-order valence-corrected chi connectivity index (χ1v) is 18.0. The molecule has 4 aromatic rings. The predicted octanol–water partition coefficient (Wildman–Crippen LogP) is 6.63. The lowest BCUT2D eigenvalue weighted by atomic mass is 10.0. The molecule has 1 unspecified atom stereocenters. The van der Waals surface area contributed by atoms with Gasteiger partial charge in [-0.1, -0.05) is 37.5 Å². The van der Waals surface area contributed by atoms with Crippen molar-refractivity contribution in [3.63, 3.8) is 0 Å². The highest BCUT2D eigenvalue weighted by atomic mass is 16.5. The van der Waals surface area contributed by atoms with Crippen LogP contribution in [0.5, 0.6) is 34.5 Å². The van der Waals surface area contributed by atoms with Gasteiger partial charge < -0.3 is 54.4 Å². The van der Waals surface area contributed by atoms with E-state index in [0.717, 1.165) is 48.8 Å². The number of carbonyl (C=O) groups excluding carboxylic acids is 1. The van der Waals surface area contributed by atoms with E-state index < -0.39 is 6.17 Å². The van der Waals surface area contributed by atoms with Crippen LogP contribution in [0.2, 0.25) is 0 Å². The van der Waals surface area contributed by atoms with Crippen molar-refractivity contribution in [3.05, 3.63) is 99.6 Å². The van der Waals surface area contributed by atoms with Crippen LogP contribution in [0.1, 0.15) is 82.0 Å². The van der Waals surface area contributed by atoms with Crippen LogP contribution in [0.25, 0.3) is 12.2 Å². The van der Waals surface area contributed by atoms with Gasteiger partial charge in [-0.15, -0.1) is 0 Å². The molecular formula is C42H50N2O10. The van der Waals surface area contributed by atoms with Gasteiger partial charge in [0.05, 0.1) is 67.0 Å². The average Bonchev–Trinajstić information content (AvgIpc) is 3.21. The second-order valence-corrected chi connectivity index (χ2v) is 12.7. The number of ether oxygens (including phenoxy) is 6. The maximum absolute atomic E-state index is 12.8. The molecule has 1 aliphatic heterocycles. The van der Waals surface area contributed by atoms with E-state index in [0.29, 0.717) is 75.7 Å². The number of anilines is 1. The van der Waals surface area contributed by atoms with Crippen LogP contribution < -0.4 is 39.1 Å². The monoisotopic (exact) mass is 742 g/mol. The van der Waals surface area contributed by atoms with Crippen LogP contribution in [-0.4, -0.2) is 62.9 Å². The number of methoxy groups -OCH3 is 4. The van der Waals surface area contributed by atoms with Crippen molar-refractivity contribution in [3.8, 4) is 34.5 Å². The van der Waals surface area contributed by atoms with E-state index in [2.05, 4.69) is 10.6 Å². The Bertz CT molecular complexity index is 1860. The van der Waals surface area contributed by atoms with E-state index in [4.69, 9.17) is 28.4 Å². The van der Waals surface area contributed by atoms with Crippen LogP contribution in [0.4, 0.5) is 5.69 Å². The van der Waals surface area contributed by atoms with Gasteiger partial charge in [0.15, 0.2) is 11.5 Å². The van der Waals surface area contributed by atoms with Crippen molar-refractivity contribution in [2.24, 2.45) is 0 Å². The Hall–Kier alpha value is -5.43. The second kappa shape index (κ2) is 19.6. The van der Waals surface area contributed by atoms with Crippen molar-refractivity contribution >= 4 is 23.7 Å². The third kappa shape index (κ3) is 9.75. The van der Waals surface area contributed by atoms with E-state index in [1.165, 1.54) is 7.11 Å². The number of benzene rings is 4. The van der Waals surface area contributed by atoms with Crippen molar-refractivity contribution in [2.45, 2.75) is 58.1 Å². The van der Waals surface area contributed by atoms with E-state index in [1.807, 2.05) is 60.7 Å². The first kappa shape index (κ1) is 39.8. The number of aliphatic hydroxyl groups excluding tert-OH is 3. The Balaban J connectivity index is 1.06. The highest BCUT2D eigenvalue weighted by Gasteiger charge is 2.26. The van der Waals surface area contributed by atoms with Gasteiger partial charge >= 0.3 is 0 Å². The fraction of sp³-hybridized carbons (Fsp3) is 0.357. The molecule has 4 aromatic carbocycles. The lowest BCUT2D eigenvalue weighted by Crippen LogP contribution is -2.38. The average molecular weight is 743 g/mol. The molecule has 12 heteroatoms. The summed E-state index contributed by atoms with van der Waals surface area (Å²) in [4.78, 5) is 12.8. The summed E-state index contributed by atoms with van der Waals surface area (Å²) in [5.74, 6) is 3.19. The molecule has 1 amide bonds. The fourth-order valence-electron chi connectivity index (χ4n) is 6.32. The predicted molar refractivity (Wildman–Crippen MR) is 207 cm³/mol. The lowest BCUT2D eigenvalue weighted by Gasteiger charge is -2.29. The Morgan fingerprint density at radius 3 is 1.87 bits per heavy atom. The summed E-state index contributed by atoms with van der Waals surface area (Å²) >= 11 is 0. The number of rotatable bonds is 20. The van der Waals surface area contributed by atoms with E-state index in [-0.39, 0.29) is 25.7 Å². The number of amides is 1. The Morgan fingerprint density at radius 1 is 0.611 bits per heavy atom. The first-order valence-electron chi connectivity index (χ1n) is 18.0. The number of aliphatic hydroxyl groups is 3. The minimum atomic E-state index is -0.444. The van der Waals surface area contributed by atoms with Gasteiger partial charge in [0.25, 0.3) is 5.91 Å². The molecule has 0 saturated carbocycles. The zero-order chi connectivity index (χ0) is 38.5. The minimum absolute atomic E-state index is 0.186. The van der Waals surface area contributed by atoms with Crippen molar-refractivity contribution in [1.82, 2.24) is 5.32 Å². The molecule has 0 aromatic heterocycles. The number of hydrogen-bond acceptors (Lipinski definition) is 11. The maximum Gasteiger partial charge on any atom is 0.255 e. The van der Waals surface area contributed by atoms with Gasteiger partial charge in [0, 0.05) is 16.8 Å². The van der Waals surface area contributed by atoms with Gasteiger partial charge in [-0.3, -0.25) is 4.79 Å². The van der Waals surface area contributed by atoms with Gasteiger partial charge in [-0.25, -0.2) is 0 Å². The van der Waals surface area contributed by atoms with E-state index in [1.54, 1.807) is 33.5 Å². The van der Waals surface area contributed by atoms with E-state index >= 15 is 0 Å². The lowest BCUT2D eigenvalue weighted by molar-refractivity contribution is 0.0935. The Labute approximate surface area is 316 Å². The summed E-state index contributed by atoms with van der Waals surface area (Å²) in [6, 6.07) is 18.3.